The molecule has 3 rings (SSSR count). The summed E-state index contributed by atoms with van der Waals surface area (Å²) in [5, 5.41) is 4.13. The molecule has 0 aliphatic carbocycles. The Kier molecular flexibility index (Phi) is 5.20. The van der Waals surface area contributed by atoms with Crippen LogP contribution in [0.3, 0.4) is 0 Å². The summed E-state index contributed by atoms with van der Waals surface area (Å²) in [6.45, 7) is 7.76. The smallest absolute Gasteiger partial charge is 0.305 e. The van der Waals surface area contributed by atoms with Crippen LogP contribution in [-0.4, -0.2) is 22.2 Å². The number of anilines is 1. The van der Waals surface area contributed by atoms with E-state index in [0.717, 1.165) is 12.1 Å². The highest BCUT2D eigenvalue weighted by Gasteiger charge is 2.36. The standard InChI is InChI=1S/C15H13F4N3O.C2H6/c1-8-6-20-22-9(2)7-21(14(23)13(8)22)10-3-4-11(12(16)5-10)15(17,18)19;1-2/h3-6,9H,7H2,1-2H3;1-2H3. The van der Waals surface area contributed by atoms with E-state index in [-0.39, 0.29) is 18.3 Å². The number of benzene rings is 1. The van der Waals surface area contributed by atoms with Crippen LogP contribution in [0.1, 0.15) is 48.4 Å². The minimum absolute atomic E-state index is 0.0965. The Morgan fingerprint density at radius 1 is 1.24 bits per heavy atom. The van der Waals surface area contributed by atoms with Gasteiger partial charge in [-0.2, -0.15) is 18.3 Å². The largest absolute Gasteiger partial charge is 0.419 e. The number of halogens is 4. The number of nitrogens with zero attached hydrogens (tertiary/aromatic N) is 3. The minimum atomic E-state index is -4.77. The number of amides is 1. The Morgan fingerprint density at radius 2 is 1.88 bits per heavy atom. The van der Waals surface area contributed by atoms with Crippen molar-refractivity contribution in [1.82, 2.24) is 9.78 Å². The molecule has 1 unspecified atom stereocenters. The highest BCUT2D eigenvalue weighted by atomic mass is 19.4. The number of rotatable bonds is 1. The predicted octanol–water partition coefficient (Wildman–Crippen LogP) is 4.60. The molecule has 1 aromatic carbocycles. The van der Waals surface area contributed by atoms with Gasteiger partial charge in [0.05, 0.1) is 17.8 Å². The first kappa shape index (κ1) is 19.0. The molecule has 1 amide bonds. The van der Waals surface area contributed by atoms with E-state index in [4.69, 9.17) is 0 Å². The number of aromatic nitrogens is 2. The maximum Gasteiger partial charge on any atom is 0.419 e. The summed E-state index contributed by atoms with van der Waals surface area (Å²) in [7, 11) is 0. The van der Waals surface area contributed by atoms with Gasteiger partial charge in [0, 0.05) is 17.8 Å². The van der Waals surface area contributed by atoms with Crippen LogP contribution in [0.4, 0.5) is 23.2 Å². The van der Waals surface area contributed by atoms with Crippen LogP contribution in [0.25, 0.3) is 0 Å². The summed E-state index contributed by atoms with van der Waals surface area (Å²) in [5.41, 5.74) is -0.220. The molecule has 0 radical (unpaired) electrons. The van der Waals surface area contributed by atoms with Gasteiger partial charge in [0.1, 0.15) is 11.5 Å². The van der Waals surface area contributed by atoms with Crippen molar-refractivity contribution in [2.45, 2.75) is 39.9 Å². The molecule has 0 saturated heterocycles. The first-order valence-corrected chi connectivity index (χ1v) is 7.93. The molecule has 1 aliphatic rings. The number of hydrogen-bond acceptors (Lipinski definition) is 2. The zero-order chi connectivity index (χ0) is 18.9. The molecule has 0 saturated carbocycles. The molecule has 0 spiro atoms. The van der Waals surface area contributed by atoms with Gasteiger partial charge in [-0.05, 0) is 32.0 Å². The van der Waals surface area contributed by atoms with Crippen LogP contribution in [0.15, 0.2) is 24.4 Å². The lowest BCUT2D eigenvalue weighted by molar-refractivity contribution is -0.139. The average molecular weight is 357 g/mol. The molecule has 2 heterocycles. The second-order valence-electron chi connectivity index (χ2n) is 5.55. The van der Waals surface area contributed by atoms with Gasteiger partial charge in [0.15, 0.2) is 0 Å². The van der Waals surface area contributed by atoms with Gasteiger partial charge in [0.2, 0.25) is 0 Å². The zero-order valence-corrected chi connectivity index (χ0v) is 14.4. The van der Waals surface area contributed by atoms with Crippen LogP contribution in [-0.2, 0) is 6.18 Å². The van der Waals surface area contributed by atoms with E-state index in [9.17, 15) is 22.4 Å². The van der Waals surface area contributed by atoms with Crippen molar-refractivity contribution in [1.29, 1.82) is 0 Å². The van der Waals surface area contributed by atoms with Crippen molar-refractivity contribution in [3.05, 3.63) is 47.0 Å². The summed E-state index contributed by atoms with van der Waals surface area (Å²) in [4.78, 5) is 13.8. The third kappa shape index (κ3) is 3.38. The third-order valence-electron chi connectivity index (χ3n) is 3.86. The highest BCUT2D eigenvalue weighted by molar-refractivity contribution is 6.06. The molecule has 1 aliphatic heterocycles. The first-order chi connectivity index (χ1) is 11.7. The number of hydrogen-bond donors (Lipinski definition) is 0. The second kappa shape index (κ2) is 6.85. The van der Waals surface area contributed by atoms with Crippen molar-refractivity contribution in [3.8, 4) is 0 Å². The Balaban J connectivity index is 0.00000109. The summed E-state index contributed by atoms with van der Waals surface area (Å²) in [6, 6.07) is 2.34. The lowest BCUT2D eigenvalue weighted by Crippen LogP contribution is -2.43. The number of carbonyl (C=O) groups excluding carboxylic acids is 1. The van der Waals surface area contributed by atoms with E-state index in [1.54, 1.807) is 17.8 Å². The summed E-state index contributed by atoms with van der Waals surface area (Å²) >= 11 is 0. The highest BCUT2D eigenvalue weighted by Crippen LogP contribution is 2.34. The molecule has 1 atom stereocenters. The molecule has 0 N–H and O–H groups in total. The molecule has 0 fully saturated rings. The van der Waals surface area contributed by atoms with E-state index in [1.165, 1.54) is 4.90 Å². The Bertz CT molecular complexity index is 783. The van der Waals surface area contributed by atoms with Crippen LogP contribution in [0.2, 0.25) is 0 Å². The number of fused-ring (bicyclic) bond motifs is 1. The predicted molar refractivity (Wildman–Crippen MR) is 86.1 cm³/mol. The van der Waals surface area contributed by atoms with E-state index in [1.807, 2.05) is 20.8 Å². The Morgan fingerprint density at radius 3 is 2.44 bits per heavy atom. The topological polar surface area (TPSA) is 38.1 Å². The molecule has 4 nitrogen and oxygen atoms in total. The Labute approximate surface area is 143 Å². The average Bonchev–Trinajstić information content (AvgIpc) is 2.94. The fourth-order valence-corrected chi connectivity index (χ4v) is 2.73. The number of aryl methyl sites for hydroxylation is 1. The molecular weight excluding hydrogens is 338 g/mol. The maximum atomic E-state index is 13.8. The van der Waals surface area contributed by atoms with Crippen molar-refractivity contribution in [3.63, 3.8) is 0 Å². The molecule has 0 bridgehead atoms. The number of carbonyl (C=O) groups is 1. The van der Waals surface area contributed by atoms with E-state index < -0.39 is 23.5 Å². The van der Waals surface area contributed by atoms with Crippen LogP contribution >= 0.6 is 0 Å². The van der Waals surface area contributed by atoms with E-state index in [0.29, 0.717) is 17.3 Å². The maximum absolute atomic E-state index is 13.8. The lowest BCUT2D eigenvalue weighted by atomic mass is 10.1. The monoisotopic (exact) mass is 357 g/mol. The minimum Gasteiger partial charge on any atom is -0.305 e. The fourth-order valence-electron chi connectivity index (χ4n) is 2.73. The van der Waals surface area contributed by atoms with Gasteiger partial charge < -0.3 is 4.90 Å². The van der Waals surface area contributed by atoms with Gasteiger partial charge in [-0.1, -0.05) is 13.8 Å². The van der Waals surface area contributed by atoms with Crippen molar-refractivity contribution >= 4 is 11.6 Å². The SMILES string of the molecule is CC.Cc1cnn2c1C(=O)N(c1ccc(C(F)(F)F)c(F)c1)CC2C. The molecule has 1 aromatic heterocycles. The third-order valence-corrected chi connectivity index (χ3v) is 3.86. The summed E-state index contributed by atoms with van der Waals surface area (Å²) < 4.78 is 53.3. The Hall–Kier alpha value is -2.38. The fraction of sp³-hybridized carbons (Fsp3) is 0.412. The first-order valence-electron chi connectivity index (χ1n) is 7.93. The van der Waals surface area contributed by atoms with Crippen LogP contribution < -0.4 is 4.90 Å². The molecule has 136 valence electrons. The summed E-state index contributed by atoms with van der Waals surface area (Å²) in [6.07, 6.45) is -3.21. The molecule has 8 heteroatoms. The van der Waals surface area contributed by atoms with E-state index >= 15 is 0 Å². The lowest BCUT2D eigenvalue weighted by Gasteiger charge is -2.32. The normalized spacial score (nSPS) is 17.0. The van der Waals surface area contributed by atoms with Gasteiger partial charge in [-0.15, -0.1) is 0 Å². The second-order valence-corrected chi connectivity index (χ2v) is 5.55. The summed E-state index contributed by atoms with van der Waals surface area (Å²) in [5.74, 6) is -1.80. The van der Waals surface area contributed by atoms with Crippen LogP contribution in [0, 0.1) is 12.7 Å². The van der Waals surface area contributed by atoms with Gasteiger partial charge in [-0.3, -0.25) is 9.48 Å². The van der Waals surface area contributed by atoms with Gasteiger partial charge in [-0.25, -0.2) is 4.39 Å². The molecule has 2 aromatic rings. The number of alkyl halides is 3. The van der Waals surface area contributed by atoms with Crippen LogP contribution in [0.5, 0.6) is 0 Å². The van der Waals surface area contributed by atoms with Crippen molar-refractivity contribution < 1.29 is 22.4 Å². The molecular formula is C17H19F4N3O. The van der Waals surface area contributed by atoms with Crippen molar-refractivity contribution in [2.75, 3.05) is 11.4 Å². The van der Waals surface area contributed by atoms with Gasteiger partial charge in [0.25, 0.3) is 5.91 Å². The quantitative estimate of drug-likeness (QED) is 0.700. The van der Waals surface area contributed by atoms with E-state index in [2.05, 4.69) is 5.10 Å². The zero-order valence-electron chi connectivity index (χ0n) is 14.4. The molecule has 25 heavy (non-hydrogen) atoms. The van der Waals surface area contributed by atoms with Crippen molar-refractivity contribution in [2.24, 2.45) is 0 Å². The van der Waals surface area contributed by atoms with Gasteiger partial charge >= 0.3 is 6.18 Å².